The normalized spacial score (nSPS) is 11.1. The second-order valence-electron chi connectivity index (χ2n) is 5.46. The van der Waals surface area contributed by atoms with E-state index in [0.717, 1.165) is 0 Å². The van der Waals surface area contributed by atoms with Crippen LogP contribution in [-0.4, -0.2) is 30.1 Å². The van der Waals surface area contributed by atoms with Crippen LogP contribution in [0.15, 0.2) is 42.5 Å². The largest absolute Gasteiger partial charge is 0.497 e. The first-order valence-corrected chi connectivity index (χ1v) is 9.13. The highest BCUT2D eigenvalue weighted by atomic mass is 35.5. The van der Waals surface area contributed by atoms with E-state index in [2.05, 4.69) is 16.2 Å². The predicted molar refractivity (Wildman–Crippen MR) is 111 cm³/mol. The van der Waals surface area contributed by atoms with Crippen LogP contribution in [0, 0.1) is 0 Å². The summed E-state index contributed by atoms with van der Waals surface area (Å²) in [5, 5.41) is 3.10. The summed E-state index contributed by atoms with van der Waals surface area (Å²) >= 11 is 16.8. The van der Waals surface area contributed by atoms with Gasteiger partial charge in [-0.2, -0.15) is 0 Å². The number of hydrogen-bond acceptors (Lipinski definition) is 5. The minimum atomic E-state index is -0.883. The Morgan fingerprint density at radius 2 is 1.75 bits per heavy atom. The second-order valence-corrected chi connectivity index (χ2v) is 6.71. The van der Waals surface area contributed by atoms with E-state index < -0.39 is 17.9 Å². The van der Waals surface area contributed by atoms with Crippen LogP contribution in [0.2, 0.25) is 10.0 Å². The van der Waals surface area contributed by atoms with Gasteiger partial charge in [0.05, 0.1) is 12.1 Å². The standard InChI is InChI=1S/C18H17Cl2N3O4S/c1-10(27-15-8-5-12(19)9-14(15)20)16(24)22-23-18(28)21-17(25)11-3-6-13(26-2)7-4-11/h3-10H,1-2H3,(H,22,24)(H2,21,23,25,28). The third-order valence-electron chi connectivity index (χ3n) is 3.45. The quantitative estimate of drug-likeness (QED) is 0.487. The Morgan fingerprint density at radius 1 is 1.07 bits per heavy atom. The highest BCUT2D eigenvalue weighted by Gasteiger charge is 2.17. The molecule has 2 rings (SSSR count). The smallest absolute Gasteiger partial charge is 0.279 e. The van der Waals surface area contributed by atoms with Crippen LogP contribution in [0.4, 0.5) is 0 Å². The zero-order valence-corrected chi connectivity index (χ0v) is 17.2. The number of rotatable bonds is 5. The molecule has 0 spiro atoms. The van der Waals surface area contributed by atoms with Crippen molar-refractivity contribution in [2.75, 3.05) is 7.11 Å². The summed E-state index contributed by atoms with van der Waals surface area (Å²) in [5.74, 6) is -0.0258. The van der Waals surface area contributed by atoms with Gasteiger partial charge in [0, 0.05) is 10.6 Å². The first kappa shape index (κ1) is 21.7. The van der Waals surface area contributed by atoms with Crippen molar-refractivity contribution >= 4 is 52.3 Å². The second kappa shape index (κ2) is 10.1. The Hall–Kier alpha value is -2.55. The summed E-state index contributed by atoms with van der Waals surface area (Å²) in [6, 6.07) is 11.1. The van der Waals surface area contributed by atoms with Crippen molar-refractivity contribution in [3.63, 3.8) is 0 Å². The maximum atomic E-state index is 12.1. The number of benzene rings is 2. The Morgan fingerprint density at radius 3 is 2.36 bits per heavy atom. The van der Waals surface area contributed by atoms with Crippen molar-refractivity contribution in [1.29, 1.82) is 0 Å². The Kier molecular flexibility index (Phi) is 7.86. The molecular formula is C18H17Cl2N3O4S. The molecule has 0 heterocycles. The summed E-state index contributed by atoms with van der Waals surface area (Å²) in [6.07, 6.45) is -0.883. The molecular weight excluding hydrogens is 425 g/mol. The molecule has 0 aliphatic heterocycles. The van der Waals surface area contributed by atoms with Gasteiger partial charge >= 0.3 is 0 Å². The lowest BCUT2D eigenvalue weighted by Gasteiger charge is -2.17. The minimum Gasteiger partial charge on any atom is -0.497 e. The lowest BCUT2D eigenvalue weighted by atomic mass is 10.2. The average molecular weight is 442 g/mol. The van der Waals surface area contributed by atoms with Crippen molar-refractivity contribution in [1.82, 2.24) is 16.2 Å². The molecule has 0 saturated carbocycles. The highest BCUT2D eigenvalue weighted by Crippen LogP contribution is 2.28. The summed E-state index contributed by atoms with van der Waals surface area (Å²) in [6.45, 7) is 1.53. The Bertz CT molecular complexity index is 878. The average Bonchev–Trinajstić information content (AvgIpc) is 2.68. The van der Waals surface area contributed by atoms with E-state index in [1.807, 2.05) is 0 Å². The number of carbonyl (C=O) groups is 2. The summed E-state index contributed by atoms with van der Waals surface area (Å²) < 4.78 is 10.5. The maximum absolute atomic E-state index is 12.1. The SMILES string of the molecule is COc1ccc(C(=O)NC(=S)NNC(=O)C(C)Oc2ccc(Cl)cc2Cl)cc1. The van der Waals surface area contributed by atoms with Crippen molar-refractivity contribution in [2.24, 2.45) is 0 Å². The molecule has 0 aliphatic rings. The van der Waals surface area contributed by atoms with E-state index in [0.29, 0.717) is 22.1 Å². The number of methoxy groups -OCH3 is 1. The molecule has 0 radical (unpaired) electrons. The zero-order valence-electron chi connectivity index (χ0n) is 14.9. The fourth-order valence-corrected chi connectivity index (χ4v) is 2.58. The van der Waals surface area contributed by atoms with Gasteiger partial charge in [0.1, 0.15) is 11.5 Å². The summed E-state index contributed by atoms with van der Waals surface area (Å²) in [7, 11) is 1.53. The molecule has 7 nitrogen and oxygen atoms in total. The molecule has 2 amide bonds. The molecule has 148 valence electrons. The van der Waals surface area contributed by atoms with Crippen molar-refractivity contribution < 1.29 is 19.1 Å². The van der Waals surface area contributed by atoms with Crippen LogP contribution in [0.3, 0.4) is 0 Å². The third-order valence-corrected chi connectivity index (χ3v) is 4.18. The molecule has 0 aromatic heterocycles. The molecule has 1 atom stereocenters. The number of halogens is 2. The van der Waals surface area contributed by atoms with Gasteiger partial charge in [0.25, 0.3) is 11.8 Å². The first-order valence-electron chi connectivity index (χ1n) is 7.97. The van der Waals surface area contributed by atoms with Crippen LogP contribution < -0.4 is 25.6 Å². The van der Waals surface area contributed by atoms with Crippen molar-refractivity contribution in [3.05, 3.63) is 58.1 Å². The van der Waals surface area contributed by atoms with E-state index in [4.69, 9.17) is 44.9 Å². The molecule has 0 saturated heterocycles. The molecule has 28 heavy (non-hydrogen) atoms. The predicted octanol–water partition coefficient (Wildman–Crippen LogP) is 3.11. The number of thiocarbonyl (C=S) groups is 1. The molecule has 0 fully saturated rings. The van der Waals surface area contributed by atoms with Gasteiger partial charge in [-0.15, -0.1) is 0 Å². The van der Waals surface area contributed by atoms with Crippen LogP contribution >= 0.6 is 35.4 Å². The number of carbonyl (C=O) groups excluding carboxylic acids is 2. The van der Waals surface area contributed by atoms with Gasteiger partial charge < -0.3 is 9.47 Å². The van der Waals surface area contributed by atoms with Gasteiger partial charge in [-0.05, 0) is 61.6 Å². The molecule has 10 heteroatoms. The van der Waals surface area contributed by atoms with E-state index in [1.165, 1.54) is 20.1 Å². The number of hydrazine groups is 1. The molecule has 2 aromatic carbocycles. The van der Waals surface area contributed by atoms with Gasteiger partial charge in [-0.3, -0.25) is 25.8 Å². The van der Waals surface area contributed by atoms with Gasteiger partial charge in [0.2, 0.25) is 0 Å². The number of ether oxygens (including phenoxy) is 2. The lowest BCUT2D eigenvalue weighted by Crippen LogP contribution is -2.51. The van der Waals surface area contributed by atoms with E-state index in [9.17, 15) is 9.59 Å². The van der Waals surface area contributed by atoms with E-state index in [-0.39, 0.29) is 10.1 Å². The first-order chi connectivity index (χ1) is 13.3. The van der Waals surface area contributed by atoms with Crippen LogP contribution in [0.1, 0.15) is 17.3 Å². The van der Waals surface area contributed by atoms with Crippen LogP contribution in [0.5, 0.6) is 11.5 Å². The number of hydrogen-bond donors (Lipinski definition) is 3. The topological polar surface area (TPSA) is 88.7 Å². The maximum Gasteiger partial charge on any atom is 0.279 e. The monoisotopic (exact) mass is 441 g/mol. The van der Waals surface area contributed by atoms with Gasteiger partial charge in [-0.1, -0.05) is 23.2 Å². The van der Waals surface area contributed by atoms with Crippen LogP contribution in [-0.2, 0) is 4.79 Å². The highest BCUT2D eigenvalue weighted by molar-refractivity contribution is 7.80. The van der Waals surface area contributed by atoms with Crippen molar-refractivity contribution in [2.45, 2.75) is 13.0 Å². The Labute approximate surface area is 177 Å². The molecule has 0 aliphatic carbocycles. The fourth-order valence-electron chi connectivity index (χ4n) is 1.98. The van der Waals surface area contributed by atoms with Gasteiger partial charge in [0.15, 0.2) is 11.2 Å². The number of amides is 2. The molecule has 3 N–H and O–H groups in total. The number of nitrogens with one attached hydrogen (secondary N) is 3. The molecule has 1 unspecified atom stereocenters. The molecule has 0 bridgehead atoms. The third kappa shape index (κ3) is 6.26. The lowest BCUT2D eigenvalue weighted by molar-refractivity contribution is -0.127. The van der Waals surface area contributed by atoms with Gasteiger partial charge in [-0.25, -0.2) is 0 Å². The van der Waals surface area contributed by atoms with E-state index >= 15 is 0 Å². The Balaban J connectivity index is 1.82. The summed E-state index contributed by atoms with van der Waals surface area (Å²) in [4.78, 5) is 24.2. The summed E-state index contributed by atoms with van der Waals surface area (Å²) in [5.41, 5.74) is 5.17. The zero-order chi connectivity index (χ0) is 20.7. The molecule has 2 aromatic rings. The fraction of sp³-hybridized carbons (Fsp3) is 0.167. The van der Waals surface area contributed by atoms with Crippen molar-refractivity contribution in [3.8, 4) is 11.5 Å². The minimum absolute atomic E-state index is 0.0779. The van der Waals surface area contributed by atoms with E-state index in [1.54, 1.807) is 36.4 Å². The van der Waals surface area contributed by atoms with Crippen LogP contribution in [0.25, 0.3) is 0 Å².